The van der Waals surface area contributed by atoms with Crippen LogP contribution in [0.25, 0.3) is 0 Å². The molecular formula is C14H22O2SSi. The van der Waals surface area contributed by atoms with E-state index in [0.717, 1.165) is 5.56 Å². The zero-order chi connectivity index (χ0) is 14.0. The van der Waals surface area contributed by atoms with Crippen molar-refractivity contribution in [3.8, 4) is 0 Å². The average Bonchev–Trinajstić information content (AvgIpc) is 2.25. The van der Waals surface area contributed by atoms with Gasteiger partial charge in [-0.1, -0.05) is 43.4 Å². The molecule has 1 rings (SSSR count). The summed E-state index contributed by atoms with van der Waals surface area (Å²) in [6.07, 6.45) is 1.58. The van der Waals surface area contributed by atoms with Crippen LogP contribution in [0.2, 0.25) is 25.7 Å². The van der Waals surface area contributed by atoms with Crippen LogP contribution in [0.5, 0.6) is 0 Å². The summed E-state index contributed by atoms with van der Waals surface area (Å²) in [6, 6.07) is 7.76. The standard InChI is InChI=1S/C14H22O2SSi/c1-6-13(11-18(3,4)5)17(15,16)14-9-7-12(2)8-10-14/h6-10,13H,1,11H2,2-5H3. The first kappa shape index (κ1) is 15.2. The molecule has 1 aromatic rings. The molecule has 18 heavy (non-hydrogen) atoms. The lowest BCUT2D eigenvalue weighted by atomic mass is 10.2. The number of sulfone groups is 1. The molecule has 1 atom stereocenters. The highest BCUT2D eigenvalue weighted by Crippen LogP contribution is 2.24. The van der Waals surface area contributed by atoms with Crippen LogP contribution in [0, 0.1) is 6.92 Å². The topological polar surface area (TPSA) is 34.1 Å². The van der Waals surface area contributed by atoms with Gasteiger partial charge in [-0.05, 0) is 25.1 Å². The Kier molecular flexibility index (Phi) is 4.56. The lowest BCUT2D eigenvalue weighted by Crippen LogP contribution is -2.30. The lowest BCUT2D eigenvalue weighted by Gasteiger charge is -2.22. The van der Waals surface area contributed by atoms with E-state index in [1.54, 1.807) is 18.2 Å². The van der Waals surface area contributed by atoms with E-state index in [2.05, 4.69) is 26.2 Å². The SMILES string of the molecule is C=CC(C[Si](C)(C)C)S(=O)(=O)c1ccc(C)cc1. The predicted octanol–water partition coefficient (Wildman–Crippen LogP) is 3.66. The van der Waals surface area contributed by atoms with Gasteiger partial charge in [-0.3, -0.25) is 0 Å². The van der Waals surface area contributed by atoms with Crippen LogP contribution in [-0.4, -0.2) is 21.7 Å². The van der Waals surface area contributed by atoms with Gasteiger partial charge in [0.15, 0.2) is 9.84 Å². The van der Waals surface area contributed by atoms with Crippen molar-refractivity contribution in [3.05, 3.63) is 42.5 Å². The summed E-state index contributed by atoms with van der Waals surface area (Å²) in [5, 5.41) is -0.466. The Bertz CT molecular complexity index is 510. The van der Waals surface area contributed by atoms with Crippen LogP contribution in [0.15, 0.2) is 41.8 Å². The second kappa shape index (κ2) is 5.41. The number of aryl methyl sites for hydroxylation is 1. The Hall–Kier alpha value is -0.873. The van der Waals surface area contributed by atoms with Gasteiger partial charge in [0.05, 0.1) is 10.1 Å². The van der Waals surface area contributed by atoms with Crippen LogP contribution >= 0.6 is 0 Å². The van der Waals surface area contributed by atoms with Gasteiger partial charge in [0.2, 0.25) is 0 Å². The lowest BCUT2D eigenvalue weighted by molar-refractivity contribution is 0.591. The monoisotopic (exact) mass is 282 g/mol. The molecule has 0 heterocycles. The summed E-state index contributed by atoms with van der Waals surface area (Å²) >= 11 is 0. The van der Waals surface area contributed by atoms with Gasteiger partial charge >= 0.3 is 0 Å². The maximum Gasteiger partial charge on any atom is 0.184 e. The molecule has 4 heteroatoms. The number of rotatable bonds is 5. The third-order valence-corrected chi connectivity index (χ3v) is 6.87. The molecule has 0 fully saturated rings. The largest absolute Gasteiger partial charge is 0.223 e. The van der Waals surface area contributed by atoms with Gasteiger partial charge in [-0.2, -0.15) is 0 Å². The minimum atomic E-state index is -3.28. The molecule has 100 valence electrons. The Morgan fingerprint density at radius 2 is 1.72 bits per heavy atom. The van der Waals surface area contributed by atoms with Crippen molar-refractivity contribution in [1.82, 2.24) is 0 Å². The smallest absolute Gasteiger partial charge is 0.184 e. The van der Waals surface area contributed by atoms with E-state index in [9.17, 15) is 8.42 Å². The first-order valence-corrected chi connectivity index (χ1v) is 11.4. The first-order valence-electron chi connectivity index (χ1n) is 6.10. The maximum absolute atomic E-state index is 12.5. The third-order valence-electron chi connectivity index (χ3n) is 2.82. The molecule has 0 radical (unpaired) electrons. The number of benzene rings is 1. The van der Waals surface area contributed by atoms with Crippen LogP contribution in [0.3, 0.4) is 0 Å². The van der Waals surface area contributed by atoms with Gasteiger partial charge < -0.3 is 0 Å². The molecule has 2 nitrogen and oxygen atoms in total. The van der Waals surface area contributed by atoms with Crippen LogP contribution in [0.1, 0.15) is 5.56 Å². The van der Waals surface area contributed by atoms with E-state index in [1.165, 1.54) is 0 Å². The second-order valence-electron chi connectivity index (χ2n) is 5.90. The minimum absolute atomic E-state index is 0.399. The Labute approximate surface area is 112 Å². The molecule has 0 aliphatic carbocycles. The number of hydrogen-bond acceptors (Lipinski definition) is 2. The fourth-order valence-electron chi connectivity index (χ4n) is 1.83. The van der Waals surface area contributed by atoms with Crippen molar-refractivity contribution in [2.45, 2.75) is 42.8 Å². The van der Waals surface area contributed by atoms with Crippen molar-refractivity contribution in [3.63, 3.8) is 0 Å². The zero-order valence-corrected chi connectivity index (χ0v) is 13.4. The molecule has 1 aromatic carbocycles. The van der Waals surface area contributed by atoms with Crippen molar-refractivity contribution < 1.29 is 8.42 Å². The molecule has 0 spiro atoms. The highest BCUT2D eigenvalue weighted by Gasteiger charge is 2.29. The second-order valence-corrected chi connectivity index (χ2v) is 13.6. The molecular weight excluding hydrogens is 260 g/mol. The molecule has 0 aromatic heterocycles. The van der Waals surface area contributed by atoms with E-state index >= 15 is 0 Å². The van der Waals surface area contributed by atoms with Crippen molar-refractivity contribution >= 4 is 17.9 Å². The van der Waals surface area contributed by atoms with Crippen LogP contribution in [-0.2, 0) is 9.84 Å². The molecule has 0 bridgehead atoms. The van der Waals surface area contributed by atoms with Gasteiger partial charge in [0.25, 0.3) is 0 Å². The van der Waals surface area contributed by atoms with Gasteiger partial charge in [0, 0.05) is 8.07 Å². The molecule has 0 N–H and O–H groups in total. The van der Waals surface area contributed by atoms with E-state index in [0.29, 0.717) is 10.9 Å². The molecule has 0 aliphatic heterocycles. The third kappa shape index (κ3) is 3.82. The maximum atomic E-state index is 12.5. The van der Waals surface area contributed by atoms with Gasteiger partial charge in [0.1, 0.15) is 0 Å². The quantitative estimate of drug-likeness (QED) is 0.610. The number of hydrogen-bond donors (Lipinski definition) is 0. The van der Waals surface area contributed by atoms with Gasteiger partial charge in [-0.25, -0.2) is 8.42 Å². The Balaban J connectivity index is 3.11. The Morgan fingerprint density at radius 3 is 2.11 bits per heavy atom. The molecule has 0 saturated heterocycles. The normalized spacial score (nSPS) is 14.2. The van der Waals surface area contributed by atoms with Crippen molar-refractivity contribution in [2.75, 3.05) is 0 Å². The van der Waals surface area contributed by atoms with Gasteiger partial charge in [-0.15, -0.1) is 6.58 Å². The molecule has 0 aliphatic rings. The molecule has 1 unspecified atom stereocenters. The molecule has 0 amide bonds. The fourth-order valence-corrected chi connectivity index (χ4v) is 6.70. The summed E-state index contributed by atoms with van der Waals surface area (Å²) in [7, 11) is -4.73. The molecule has 0 saturated carbocycles. The van der Waals surface area contributed by atoms with Crippen molar-refractivity contribution in [2.24, 2.45) is 0 Å². The summed E-state index contributed by atoms with van der Waals surface area (Å²) in [5.74, 6) is 0. The highest BCUT2D eigenvalue weighted by molar-refractivity contribution is 7.92. The van der Waals surface area contributed by atoms with E-state index in [4.69, 9.17) is 0 Å². The van der Waals surface area contributed by atoms with Crippen LogP contribution in [0.4, 0.5) is 0 Å². The van der Waals surface area contributed by atoms with Crippen molar-refractivity contribution in [1.29, 1.82) is 0 Å². The summed E-state index contributed by atoms with van der Waals surface area (Å²) < 4.78 is 25.0. The highest BCUT2D eigenvalue weighted by atomic mass is 32.2. The summed E-state index contributed by atoms with van der Waals surface area (Å²) in [4.78, 5) is 0.399. The van der Waals surface area contributed by atoms with E-state index in [-0.39, 0.29) is 0 Å². The van der Waals surface area contributed by atoms with E-state index < -0.39 is 23.2 Å². The minimum Gasteiger partial charge on any atom is -0.223 e. The van der Waals surface area contributed by atoms with Crippen LogP contribution < -0.4 is 0 Å². The first-order chi connectivity index (χ1) is 8.16. The summed E-state index contributed by atoms with van der Waals surface area (Å²) in [5.41, 5.74) is 1.06. The predicted molar refractivity (Wildman–Crippen MR) is 80.5 cm³/mol. The Morgan fingerprint density at radius 1 is 1.22 bits per heavy atom. The summed E-state index contributed by atoms with van der Waals surface area (Å²) in [6.45, 7) is 12.2. The zero-order valence-electron chi connectivity index (χ0n) is 11.6. The fraction of sp³-hybridized carbons (Fsp3) is 0.429. The van der Waals surface area contributed by atoms with E-state index in [1.807, 2.05) is 19.1 Å². The average molecular weight is 282 g/mol.